The summed E-state index contributed by atoms with van der Waals surface area (Å²) < 4.78 is 11.5. The fourth-order valence-corrected chi connectivity index (χ4v) is 3.81. The monoisotopic (exact) mass is 238 g/mol. The van der Waals surface area contributed by atoms with Crippen LogP contribution in [-0.2, 0) is 8.85 Å². The molecule has 1 atom stereocenters. The lowest BCUT2D eigenvalue weighted by molar-refractivity contribution is 0.129. The summed E-state index contributed by atoms with van der Waals surface area (Å²) >= 11 is 6.10. The van der Waals surface area contributed by atoms with Crippen LogP contribution in [0.3, 0.4) is 0 Å². The zero-order chi connectivity index (χ0) is 11.1. The minimum Gasteiger partial charge on any atom is -0.394 e. The van der Waals surface area contributed by atoms with E-state index in [0.717, 1.165) is 12.5 Å². The fraction of sp³-hybridized carbons (Fsp3) is 1.00. The SMILES string of the molecule is CCC(Cl)C[SiH](OC(C)C)OC(C)C. The van der Waals surface area contributed by atoms with E-state index in [1.807, 2.05) is 27.7 Å². The molecule has 0 saturated heterocycles. The molecule has 0 heterocycles. The summed E-state index contributed by atoms with van der Waals surface area (Å²) in [5.74, 6) is 0. The van der Waals surface area contributed by atoms with Gasteiger partial charge >= 0.3 is 9.28 Å². The molecule has 0 radical (unpaired) electrons. The van der Waals surface area contributed by atoms with E-state index in [9.17, 15) is 0 Å². The molecule has 0 aliphatic rings. The van der Waals surface area contributed by atoms with Crippen molar-refractivity contribution in [2.45, 2.75) is 64.7 Å². The maximum Gasteiger partial charge on any atom is 0.323 e. The van der Waals surface area contributed by atoms with Crippen LogP contribution >= 0.6 is 11.6 Å². The zero-order valence-electron chi connectivity index (χ0n) is 9.92. The number of rotatable bonds is 7. The minimum absolute atomic E-state index is 0.198. The first-order chi connectivity index (χ1) is 6.45. The molecule has 0 N–H and O–H groups in total. The second-order valence-electron chi connectivity index (χ2n) is 4.04. The van der Waals surface area contributed by atoms with Crippen molar-refractivity contribution in [1.29, 1.82) is 0 Å². The Balaban J connectivity index is 3.96. The minimum atomic E-state index is -1.56. The van der Waals surface area contributed by atoms with Crippen LogP contribution in [0.4, 0.5) is 0 Å². The smallest absolute Gasteiger partial charge is 0.323 e. The van der Waals surface area contributed by atoms with Crippen LogP contribution in [0.15, 0.2) is 0 Å². The van der Waals surface area contributed by atoms with E-state index < -0.39 is 9.28 Å². The number of alkyl halides is 1. The van der Waals surface area contributed by atoms with E-state index in [0.29, 0.717) is 0 Å². The molecule has 0 amide bonds. The van der Waals surface area contributed by atoms with Crippen LogP contribution in [0, 0.1) is 0 Å². The van der Waals surface area contributed by atoms with Crippen LogP contribution in [0.25, 0.3) is 0 Å². The summed E-state index contributed by atoms with van der Waals surface area (Å²) in [6.45, 7) is 10.3. The first-order valence-electron chi connectivity index (χ1n) is 5.40. The highest BCUT2D eigenvalue weighted by Crippen LogP contribution is 2.14. The maximum absolute atomic E-state index is 6.10. The van der Waals surface area contributed by atoms with Crippen molar-refractivity contribution in [3.05, 3.63) is 0 Å². The Labute approximate surface area is 94.8 Å². The van der Waals surface area contributed by atoms with Crippen molar-refractivity contribution in [1.82, 2.24) is 0 Å². The van der Waals surface area contributed by atoms with Gasteiger partial charge in [-0.15, -0.1) is 11.6 Å². The van der Waals surface area contributed by atoms with Crippen LogP contribution in [0.1, 0.15) is 41.0 Å². The van der Waals surface area contributed by atoms with Gasteiger partial charge in [-0.25, -0.2) is 0 Å². The fourth-order valence-electron chi connectivity index (χ4n) is 1.13. The Morgan fingerprint density at radius 1 is 1.07 bits per heavy atom. The van der Waals surface area contributed by atoms with Gasteiger partial charge in [0.05, 0.1) is 0 Å². The summed E-state index contributed by atoms with van der Waals surface area (Å²) in [6.07, 6.45) is 1.46. The maximum atomic E-state index is 6.10. The van der Waals surface area contributed by atoms with Crippen molar-refractivity contribution in [2.24, 2.45) is 0 Å². The topological polar surface area (TPSA) is 18.5 Å². The average molecular weight is 239 g/mol. The van der Waals surface area contributed by atoms with Gasteiger partial charge in [-0.3, -0.25) is 0 Å². The molecule has 0 spiro atoms. The molecule has 0 aromatic carbocycles. The predicted molar refractivity (Wildman–Crippen MR) is 64.3 cm³/mol. The van der Waals surface area contributed by atoms with Crippen molar-refractivity contribution < 1.29 is 8.85 Å². The van der Waals surface area contributed by atoms with E-state index in [4.69, 9.17) is 20.5 Å². The van der Waals surface area contributed by atoms with Crippen molar-refractivity contribution in [2.75, 3.05) is 0 Å². The van der Waals surface area contributed by atoms with Crippen LogP contribution in [0.5, 0.6) is 0 Å². The average Bonchev–Trinajstić information content (AvgIpc) is 2.01. The van der Waals surface area contributed by atoms with Gasteiger partial charge in [-0.2, -0.15) is 0 Å². The third-order valence-electron chi connectivity index (χ3n) is 1.74. The Morgan fingerprint density at radius 3 is 1.79 bits per heavy atom. The quantitative estimate of drug-likeness (QED) is 0.501. The summed E-state index contributed by atoms with van der Waals surface area (Å²) in [6, 6.07) is 0.897. The van der Waals surface area contributed by atoms with Gasteiger partial charge in [0, 0.05) is 23.6 Å². The highest BCUT2D eigenvalue weighted by atomic mass is 35.5. The van der Waals surface area contributed by atoms with Gasteiger partial charge in [0.25, 0.3) is 0 Å². The summed E-state index contributed by atoms with van der Waals surface area (Å²) in [5, 5.41) is 0.198. The Kier molecular flexibility index (Phi) is 7.92. The molecule has 0 rings (SSSR count). The van der Waals surface area contributed by atoms with Crippen molar-refractivity contribution in [3.8, 4) is 0 Å². The van der Waals surface area contributed by atoms with Crippen molar-refractivity contribution >= 4 is 20.9 Å². The molecule has 14 heavy (non-hydrogen) atoms. The van der Waals surface area contributed by atoms with Gasteiger partial charge in [0.15, 0.2) is 0 Å². The molecule has 0 aliphatic carbocycles. The highest BCUT2D eigenvalue weighted by molar-refractivity contribution is 6.46. The molecule has 4 heteroatoms. The van der Waals surface area contributed by atoms with Crippen LogP contribution in [0.2, 0.25) is 6.04 Å². The number of hydrogen-bond donors (Lipinski definition) is 0. The lowest BCUT2D eigenvalue weighted by Gasteiger charge is -2.22. The lowest BCUT2D eigenvalue weighted by atomic mass is 10.4. The van der Waals surface area contributed by atoms with E-state index in [-0.39, 0.29) is 17.6 Å². The number of halogens is 1. The van der Waals surface area contributed by atoms with Gasteiger partial charge in [0.2, 0.25) is 0 Å². The third kappa shape index (κ3) is 7.80. The molecular weight excluding hydrogens is 216 g/mol. The molecule has 0 aromatic heterocycles. The largest absolute Gasteiger partial charge is 0.394 e. The second kappa shape index (κ2) is 7.68. The third-order valence-corrected chi connectivity index (χ3v) is 5.17. The van der Waals surface area contributed by atoms with E-state index in [1.165, 1.54) is 0 Å². The first-order valence-corrected chi connectivity index (χ1v) is 7.60. The molecule has 1 unspecified atom stereocenters. The second-order valence-corrected chi connectivity index (χ2v) is 6.53. The van der Waals surface area contributed by atoms with Crippen LogP contribution in [-0.4, -0.2) is 26.9 Å². The lowest BCUT2D eigenvalue weighted by Crippen LogP contribution is -2.31. The van der Waals surface area contributed by atoms with Gasteiger partial charge in [-0.1, -0.05) is 6.92 Å². The normalized spacial score (nSPS) is 14.4. The Hall–Kier alpha value is 0.427. The van der Waals surface area contributed by atoms with E-state index in [2.05, 4.69) is 6.92 Å². The molecule has 0 fully saturated rings. The van der Waals surface area contributed by atoms with Gasteiger partial charge in [0.1, 0.15) is 0 Å². The summed E-state index contributed by atoms with van der Waals surface area (Å²) in [5.41, 5.74) is 0. The zero-order valence-corrected chi connectivity index (χ0v) is 11.8. The highest BCUT2D eigenvalue weighted by Gasteiger charge is 2.20. The van der Waals surface area contributed by atoms with E-state index in [1.54, 1.807) is 0 Å². The summed E-state index contributed by atoms with van der Waals surface area (Å²) in [7, 11) is -1.56. The standard InChI is InChI=1S/C10H23ClO2Si/c1-6-10(11)7-14(12-8(2)3)13-9(4)5/h8-10,14H,6-7H2,1-5H3. The first kappa shape index (κ1) is 14.4. The van der Waals surface area contributed by atoms with E-state index >= 15 is 0 Å². The molecule has 86 valence electrons. The molecule has 0 aliphatic heterocycles. The van der Waals surface area contributed by atoms with Crippen LogP contribution < -0.4 is 0 Å². The number of hydrogen-bond acceptors (Lipinski definition) is 2. The molecule has 2 nitrogen and oxygen atoms in total. The van der Waals surface area contributed by atoms with Gasteiger partial charge in [-0.05, 0) is 34.1 Å². The molecule has 0 aromatic rings. The summed E-state index contributed by atoms with van der Waals surface area (Å²) in [4.78, 5) is 0. The Morgan fingerprint density at radius 2 is 1.50 bits per heavy atom. The molecular formula is C10H23ClO2Si. The Bertz CT molecular complexity index is 132. The van der Waals surface area contributed by atoms with Crippen molar-refractivity contribution in [3.63, 3.8) is 0 Å². The molecule has 0 bridgehead atoms. The predicted octanol–water partition coefficient (Wildman–Crippen LogP) is 3.07. The van der Waals surface area contributed by atoms with Gasteiger partial charge < -0.3 is 8.85 Å². The molecule has 0 saturated carbocycles.